The molecule has 0 radical (unpaired) electrons. The van der Waals surface area contributed by atoms with Crippen molar-refractivity contribution in [1.29, 1.82) is 0 Å². The fraction of sp³-hybridized carbons (Fsp3) is 0.292. The standard InChI is InChI=1S/C24H25ClN4O3S2/c1-32-21-7-3-5-18(13-21)26-22(30)16-34-24-27-19(15-33-24)14-23(31)29-10-8-28(9-11-29)20-6-2-4-17(25)12-20/h2-7,12-13,15H,8-11,14,16H2,1H3,(H,26,30). The molecule has 34 heavy (non-hydrogen) atoms. The number of methoxy groups -OCH3 is 1. The van der Waals surface area contributed by atoms with E-state index in [-0.39, 0.29) is 24.0 Å². The first-order valence-electron chi connectivity index (χ1n) is 10.8. The van der Waals surface area contributed by atoms with Crippen LogP contribution in [0.25, 0.3) is 0 Å². The van der Waals surface area contributed by atoms with Crippen molar-refractivity contribution in [2.24, 2.45) is 0 Å². The highest BCUT2D eigenvalue weighted by Crippen LogP contribution is 2.25. The largest absolute Gasteiger partial charge is 0.497 e. The molecule has 0 aliphatic carbocycles. The van der Waals surface area contributed by atoms with Gasteiger partial charge < -0.3 is 19.9 Å². The van der Waals surface area contributed by atoms with E-state index in [1.165, 1.54) is 23.1 Å². The summed E-state index contributed by atoms with van der Waals surface area (Å²) in [6.07, 6.45) is 0.268. The van der Waals surface area contributed by atoms with Crippen LogP contribution in [0.5, 0.6) is 5.75 Å². The predicted octanol–water partition coefficient (Wildman–Crippen LogP) is 4.43. The number of hydrogen-bond donors (Lipinski definition) is 1. The molecule has 2 aromatic carbocycles. The molecule has 1 fully saturated rings. The van der Waals surface area contributed by atoms with Crippen LogP contribution in [0, 0.1) is 0 Å². The lowest BCUT2D eigenvalue weighted by atomic mass is 10.2. The number of nitrogens with zero attached hydrogens (tertiary/aromatic N) is 3. The second-order valence-electron chi connectivity index (χ2n) is 7.70. The van der Waals surface area contributed by atoms with Crippen molar-refractivity contribution in [2.45, 2.75) is 10.8 Å². The van der Waals surface area contributed by atoms with Crippen molar-refractivity contribution < 1.29 is 14.3 Å². The maximum absolute atomic E-state index is 12.8. The summed E-state index contributed by atoms with van der Waals surface area (Å²) in [5.41, 5.74) is 2.50. The van der Waals surface area contributed by atoms with Gasteiger partial charge in [0.15, 0.2) is 4.34 Å². The fourth-order valence-electron chi connectivity index (χ4n) is 3.61. The molecule has 2 amide bonds. The van der Waals surface area contributed by atoms with E-state index in [0.717, 1.165) is 28.8 Å². The van der Waals surface area contributed by atoms with E-state index in [1.807, 2.05) is 52.7 Å². The summed E-state index contributed by atoms with van der Waals surface area (Å²) in [6, 6.07) is 15.0. The Hall–Kier alpha value is -2.75. The van der Waals surface area contributed by atoms with E-state index in [4.69, 9.17) is 16.3 Å². The maximum Gasteiger partial charge on any atom is 0.234 e. The molecule has 1 aliphatic rings. The summed E-state index contributed by atoms with van der Waals surface area (Å²) in [5, 5.41) is 5.46. The number of anilines is 2. The third kappa shape index (κ3) is 6.65. The molecule has 2 heterocycles. The number of benzene rings is 2. The second-order valence-corrected chi connectivity index (χ2v) is 10.2. The topological polar surface area (TPSA) is 74.8 Å². The normalized spacial score (nSPS) is 13.6. The number of carbonyl (C=O) groups excluding carboxylic acids is 2. The number of ether oxygens (including phenoxy) is 1. The van der Waals surface area contributed by atoms with Crippen molar-refractivity contribution >= 4 is 57.9 Å². The Bertz CT molecular complexity index is 1150. The number of rotatable bonds is 8. The van der Waals surface area contributed by atoms with Gasteiger partial charge in [0, 0.05) is 54.0 Å². The summed E-state index contributed by atoms with van der Waals surface area (Å²) < 4.78 is 5.94. The molecule has 1 aliphatic heterocycles. The van der Waals surface area contributed by atoms with Crippen molar-refractivity contribution in [2.75, 3.05) is 49.3 Å². The predicted molar refractivity (Wildman–Crippen MR) is 138 cm³/mol. The van der Waals surface area contributed by atoms with Crippen molar-refractivity contribution in [3.63, 3.8) is 0 Å². The molecule has 10 heteroatoms. The average Bonchev–Trinajstić information content (AvgIpc) is 3.30. The van der Waals surface area contributed by atoms with E-state index < -0.39 is 0 Å². The van der Waals surface area contributed by atoms with Crippen LogP contribution < -0.4 is 15.0 Å². The molecule has 4 rings (SSSR count). The number of halogens is 1. The molecule has 0 saturated carbocycles. The molecular weight excluding hydrogens is 492 g/mol. The Morgan fingerprint density at radius 3 is 2.71 bits per heavy atom. The van der Waals surface area contributed by atoms with Crippen LogP contribution in [-0.2, 0) is 16.0 Å². The lowest BCUT2D eigenvalue weighted by Crippen LogP contribution is -2.49. The summed E-state index contributed by atoms with van der Waals surface area (Å²) >= 11 is 8.91. The molecule has 0 atom stereocenters. The van der Waals surface area contributed by atoms with E-state index >= 15 is 0 Å². The van der Waals surface area contributed by atoms with E-state index in [2.05, 4.69) is 15.2 Å². The Labute approximate surface area is 212 Å². The van der Waals surface area contributed by atoms with Gasteiger partial charge in [-0.25, -0.2) is 4.98 Å². The number of carbonyl (C=O) groups is 2. The van der Waals surface area contributed by atoms with Crippen LogP contribution in [0.2, 0.25) is 5.02 Å². The van der Waals surface area contributed by atoms with Gasteiger partial charge in [-0.05, 0) is 30.3 Å². The minimum Gasteiger partial charge on any atom is -0.497 e. The first-order valence-corrected chi connectivity index (χ1v) is 13.0. The van der Waals surface area contributed by atoms with Gasteiger partial charge in [0.1, 0.15) is 5.75 Å². The Morgan fingerprint density at radius 2 is 1.94 bits per heavy atom. The second kappa shape index (κ2) is 11.6. The van der Waals surface area contributed by atoms with E-state index in [1.54, 1.807) is 13.2 Å². The number of thioether (sulfide) groups is 1. The zero-order valence-electron chi connectivity index (χ0n) is 18.7. The number of thiazole rings is 1. The van der Waals surface area contributed by atoms with Crippen LogP contribution in [0.1, 0.15) is 5.69 Å². The minimum atomic E-state index is -0.122. The molecule has 1 saturated heterocycles. The highest BCUT2D eigenvalue weighted by molar-refractivity contribution is 8.01. The molecule has 0 bridgehead atoms. The van der Waals surface area contributed by atoms with Gasteiger partial charge in [-0.15, -0.1) is 11.3 Å². The number of nitrogens with one attached hydrogen (secondary N) is 1. The average molecular weight is 517 g/mol. The van der Waals surface area contributed by atoms with Gasteiger partial charge in [-0.3, -0.25) is 9.59 Å². The highest BCUT2D eigenvalue weighted by atomic mass is 35.5. The van der Waals surface area contributed by atoms with Crippen molar-refractivity contribution in [3.8, 4) is 5.75 Å². The molecular formula is C24H25ClN4O3S2. The molecule has 1 N–H and O–H groups in total. The molecule has 7 nitrogen and oxygen atoms in total. The van der Waals surface area contributed by atoms with Crippen LogP contribution >= 0.6 is 34.7 Å². The first-order chi connectivity index (χ1) is 16.5. The minimum absolute atomic E-state index is 0.0726. The van der Waals surface area contributed by atoms with E-state index in [9.17, 15) is 9.59 Å². The lowest BCUT2D eigenvalue weighted by Gasteiger charge is -2.36. The molecule has 0 unspecified atom stereocenters. The number of aromatic nitrogens is 1. The number of hydrogen-bond acceptors (Lipinski definition) is 7. The van der Waals surface area contributed by atoms with Crippen LogP contribution in [0.15, 0.2) is 58.3 Å². The summed E-state index contributed by atoms with van der Waals surface area (Å²) in [6.45, 7) is 2.88. The number of amides is 2. The van der Waals surface area contributed by atoms with Gasteiger partial charge in [0.25, 0.3) is 0 Å². The smallest absolute Gasteiger partial charge is 0.234 e. The third-order valence-electron chi connectivity index (χ3n) is 5.35. The van der Waals surface area contributed by atoms with Crippen LogP contribution in [-0.4, -0.2) is 60.7 Å². The fourth-order valence-corrected chi connectivity index (χ4v) is 5.44. The van der Waals surface area contributed by atoms with Gasteiger partial charge in [-0.1, -0.05) is 35.5 Å². The quantitative estimate of drug-likeness (QED) is 0.446. The maximum atomic E-state index is 12.8. The van der Waals surface area contributed by atoms with Crippen LogP contribution in [0.4, 0.5) is 11.4 Å². The Balaban J connectivity index is 1.22. The van der Waals surface area contributed by atoms with Gasteiger partial charge >= 0.3 is 0 Å². The van der Waals surface area contributed by atoms with Crippen molar-refractivity contribution in [1.82, 2.24) is 9.88 Å². The Morgan fingerprint density at radius 1 is 1.15 bits per heavy atom. The molecule has 0 spiro atoms. The molecule has 3 aromatic rings. The van der Waals surface area contributed by atoms with Gasteiger partial charge in [0.05, 0.1) is 25.0 Å². The lowest BCUT2D eigenvalue weighted by molar-refractivity contribution is -0.130. The summed E-state index contributed by atoms with van der Waals surface area (Å²) in [7, 11) is 1.59. The van der Waals surface area contributed by atoms with E-state index in [0.29, 0.717) is 29.5 Å². The first kappa shape index (κ1) is 24.4. The monoisotopic (exact) mass is 516 g/mol. The molecule has 178 valence electrons. The molecule has 1 aromatic heterocycles. The number of piperazine rings is 1. The Kier molecular flexibility index (Phi) is 8.31. The third-order valence-corrected chi connectivity index (χ3v) is 7.65. The van der Waals surface area contributed by atoms with Crippen LogP contribution in [0.3, 0.4) is 0 Å². The summed E-state index contributed by atoms with van der Waals surface area (Å²) in [4.78, 5) is 33.7. The van der Waals surface area contributed by atoms with Gasteiger partial charge in [-0.2, -0.15) is 0 Å². The SMILES string of the molecule is COc1cccc(NC(=O)CSc2nc(CC(=O)N3CCN(c4cccc(Cl)c4)CC3)cs2)c1. The summed E-state index contributed by atoms with van der Waals surface area (Å²) in [5.74, 6) is 0.876. The zero-order valence-corrected chi connectivity index (χ0v) is 21.1. The highest BCUT2D eigenvalue weighted by Gasteiger charge is 2.22. The van der Waals surface area contributed by atoms with Crippen molar-refractivity contribution in [3.05, 3.63) is 64.6 Å². The zero-order chi connectivity index (χ0) is 23.9. The van der Waals surface area contributed by atoms with Gasteiger partial charge in [0.2, 0.25) is 11.8 Å².